The highest BCUT2D eigenvalue weighted by atomic mass is 19.3. The molecule has 0 aliphatic rings. The minimum absolute atomic E-state index is 0.137. The Labute approximate surface area is 113 Å². The largest absolute Gasteiger partial charge is 0.508 e. The first-order valence-corrected chi connectivity index (χ1v) is 5.68. The molecule has 0 bridgehead atoms. The highest BCUT2D eigenvalue weighted by molar-refractivity contribution is 5.91. The predicted octanol–water partition coefficient (Wildman–Crippen LogP) is 3.18. The maximum atomic E-state index is 12.6. The van der Waals surface area contributed by atoms with Gasteiger partial charge in [-0.25, -0.2) is 13.6 Å². The van der Waals surface area contributed by atoms with E-state index in [-0.39, 0.29) is 17.0 Å². The fourth-order valence-corrected chi connectivity index (χ4v) is 1.76. The van der Waals surface area contributed by atoms with Crippen LogP contribution in [0.15, 0.2) is 36.5 Å². The number of alkyl halides is 2. The van der Waals surface area contributed by atoms with Crippen LogP contribution in [0.25, 0.3) is 11.1 Å². The molecule has 1 aromatic carbocycles. The highest BCUT2D eigenvalue weighted by Crippen LogP contribution is 2.28. The van der Waals surface area contributed by atoms with E-state index >= 15 is 0 Å². The van der Waals surface area contributed by atoms with Crippen molar-refractivity contribution in [1.82, 2.24) is 4.98 Å². The molecule has 0 unspecified atom stereocenters. The molecule has 104 valence electrons. The molecule has 0 radical (unpaired) electrons. The van der Waals surface area contributed by atoms with Gasteiger partial charge in [-0.2, -0.15) is 0 Å². The molecule has 0 spiro atoms. The van der Waals surface area contributed by atoms with Gasteiger partial charge in [0, 0.05) is 6.20 Å². The second-order valence-corrected chi connectivity index (χ2v) is 4.03. The first-order chi connectivity index (χ1) is 9.51. The first kappa shape index (κ1) is 13.9. The Morgan fingerprint density at radius 3 is 2.65 bits per heavy atom. The van der Waals surface area contributed by atoms with Crippen molar-refractivity contribution in [3.63, 3.8) is 0 Å². The van der Waals surface area contributed by atoms with Crippen LogP contribution < -0.4 is 0 Å². The number of aromatic nitrogens is 1. The van der Waals surface area contributed by atoms with Gasteiger partial charge in [0.1, 0.15) is 11.4 Å². The fraction of sp³-hybridized carbons (Fsp3) is 0.143. The molecule has 1 N–H and O–H groups in total. The zero-order valence-electron chi connectivity index (χ0n) is 10.5. The summed E-state index contributed by atoms with van der Waals surface area (Å²) in [7, 11) is 1.22. The van der Waals surface area contributed by atoms with Crippen LogP contribution >= 0.6 is 0 Å². The molecule has 2 rings (SSSR count). The lowest BCUT2D eigenvalue weighted by molar-refractivity contribution is 0.0600. The second kappa shape index (κ2) is 5.64. The normalized spacial score (nSPS) is 10.6. The number of phenols is 1. The van der Waals surface area contributed by atoms with Crippen molar-refractivity contribution in [2.24, 2.45) is 0 Å². The van der Waals surface area contributed by atoms with Gasteiger partial charge in [0.15, 0.2) is 0 Å². The molecule has 1 heterocycles. The van der Waals surface area contributed by atoms with Crippen molar-refractivity contribution in [3.8, 4) is 16.9 Å². The second-order valence-electron chi connectivity index (χ2n) is 4.03. The van der Waals surface area contributed by atoms with Crippen molar-refractivity contribution in [2.75, 3.05) is 7.11 Å². The number of rotatable bonds is 3. The lowest BCUT2D eigenvalue weighted by Crippen LogP contribution is -2.01. The summed E-state index contributed by atoms with van der Waals surface area (Å²) in [6.07, 6.45) is -1.44. The predicted molar refractivity (Wildman–Crippen MR) is 67.6 cm³/mol. The van der Waals surface area contributed by atoms with Crippen LogP contribution in [0.3, 0.4) is 0 Å². The molecule has 0 amide bonds. The van der Waals surface area contributed by atoms with Crippen LogP contribution in [-0.4, -0.2) is 23.2 Å². The number of phenolic OH excluding ortho intramolecular Hbond substituents is 1. The Bertz CT molecular complexity index is 644. The monoisotopic (exact) mass is 279 g/mol. The van der Waals surface area contributed by atoms with Crippen LogP contribution in [0, 0.1) is 0 Å². The molecule has 0 atom stereocenters. The molecule has 0 fully saturated rings. The van der Waals surface area contributed by atoms with E-state index in [0.717, 1.165) is 0 Å². The number of hydrogen-bond donors (Lipinski definition) is 1. The molecule has 2 aromatic rings. The van der Waals surface area contributed by atoms with Gasteiger partial charge in [0.2, 0.25) is 0 Å². The zero-order valence-corrected chi connectivity index (χ0v) is 10.5. The van der Waals surface area contributed by atoms with E-state index in [0.29, 0.717) is 11.1 Å². The van der Waals surface area contributed by atoms with Gasteiger partial charge in [-0.05, 0) is 41.5 Å². The van der Waals surface area contributed by atoms with Gasteiger partial charge in [0.25, 0.3) is 6.43 Å². The van der Waals surface area contributed by atoms with Crippen LogP contribution in [0.5, 0.6) is 5.75 Å². The molecule has 0 saturated heterocycles. The average Bonchev–Trinajstić information content (AvgIpc) is 2.45. The Morgan fingerprint density at radius 2 is 2.00 bits per heavy atom. The fourth-order valence-electron chi connectivity index (χ4n) is 1.76. The maximum absolute atomic E-state index is 12.6. The lowest BCUT2D eigenvalue weighted by Gasteiger charge is -2.07. The minimum atomic E-state index is -2.69. The van der Waals surface area contributed by atoms with Gasteiger partial charge < -0.3 is 9.84 Å². The molecule has 20 heavy (non-hydrogen) atoms. The number of halogens is 2. The van der Waals surface area contributed by atoms with E-state index in [1.165, 1.54) is 43.6 Å². The van der Waals surface area contributed by atoms with E-state index < -0.39 is 12.4 Å². The van der Waals surface area contributed by atoms with Gasteiger partial charge in [-0.3, -0.25) is 4.98 Å². The smallest absolute Gasteiger partial charge is 0.338 e. The van der Waals surface area contributed by atoms with Crippen LogP contribution in [0.1, 0.15) is 22.5 Å². The number of hydrogen-bond acceptors (Lipinski definition) is 4. The molecular formula is C14H11F2NO3. The highest BCUT2D eigenvalue weighted by Gasteiger charge is 2.13. The van der Waals surface area contributed by atoms with Gasteiger partial charge in [0.05, 0.1) is 12.7 Å². The summed E-state index contributed by atoms with van der Waals surface area (Å²) in [4.78, 5) is 15.0. The summed E-state index contributed by atoms with van der Waals surface area (Å²) in [5.74, 6) is -0.774. The van der Waals surface area contributed by atoms with Gasteiger partial charge >= 0.3 is 5.97 Å². The quantitative estimate of drug-likeness (QED) is 0.877. The third kappa shape index (κ3) is 2.90. The number of methoxy groups -OCH3 is 1. The summed E-state index contributed by atoms with van der Waals surface area (Å²) < 4.78 is 29.8. The first-order valence-electron chi connectivity index (χ1n) is 5.68. The number of carbonyl (C=O) groups is 1. The van der Waals surface area contributed by atoms with Crippen molar-refractivity contribution in [3.05, 3.63) is 47.8 Å². The SMILES string of the molecule is COC(=O)c1cc(O)cc(-c2ccnc(C(F)F)c2)c1. The minimum Gasteiger partial charge on any atom is -0.508 e. The third-order valence-corrected chi connectivity index (χ3v) is 2.68. The van der Waals surface area contributed by atoms with Gasteiger partial charge in [-0.15, -0.1) is 0 Å². The summed E-state index contributed by atoms with van der Waals surface area (Å²) >= 11 is 0. The average molecular weight is 279 g/mol. The van der Waals surface area contributed by atoms with E-state index in [1.807, 2.05) is 0 Å². The Morgan fingerprint density at radius 1 is 1.25 bits per heavy atom. The number of pyridine rings is 1. The molecular weight excluding hydrogens is 268 g/mol. The zero-order chi connectivity index (χ0) is 14.7. The van der Waals surface area contributed by atoms with Gasteiger partial charge in [-0.1, -0.05) is 0 Å². The number of nitrogens with zero attached hydrogens (tertiary/aromatic N) is 1. The van der Waals surface area contributed by atoms with Crippen LogP contribution in [0.4, 0.5) is 8.78 Å². The van der Waals surface area contributed by atoms with Crippen molar-refractivity contribution < 1.29 is 23.4 Å². The number of aromatic hydroxyl groups is 1. The van der Waals surface area contributed by atoms with E-state index in [4.69, 9.17) is 0 Å². The van der Waals surface area contributed by atoms with E-state index in [2.05, 4.69) is 9.72 Å². The molecule has 4 nitrogen and oxygen atoms in total. The summed E-state index contributed by atoms with van der Waals surface area (Å²) in [6.45, 7) is 0. The van der Waals surface area contributed by atoms with Crippen LogP contribution in [0.2, 0.25) is 0 Å². The summed E-state index contributed by atoms with van der Waals surface area (Å²) in [6, 6.07) is 6.79. The molecule has 0 aliphatic carbocycles. The molecule has 0 saturated carbocycles. The molecule has 1 aromatic heterocycles. The number of carbonyl (C=O) groups excluding carboxylic acids is 1. The summed E-state index contributed by atoms with van der Waals surface area (Å²) in [5, 5.41) is 9.61. The van der Waals surface area contributed by atoms with Crippen molar-refractivity contribution >= 4 is 5.97 Å². The van der Waals surface area contributed by atoms with E-state index in [1.54, 1.807) is 0 Å². The molecule has 6 heteroatoms. The number of esters is 1. The van der Waals surface area contributed by atoms with Crippen molar-refractivity contribution in [2.45, 2.75) is 6.43 Å². The standard InChI is InChI=1S/C14H11F2NO3/c1-20-14(19)10-4-9(5-11(18)6-10)8-2-3-17-12(7-8)13(15)16/h2-7,13,18H,1H3. The Kier molecular flexibility index (Phi) is 3.93. The topological polar surface area (TPSA) is 59.4 Å². The molecule has 0 aliphatic heterocycles. The number of ether oxygens (including phenoxy) is 1. The van der Waals surface area contributed by atoms with Crippen molar-refractivity contribution in [1.29, 1.82) is 0 Å². The maximum Gasteiger partial charge on any atom is 0.338 e. The third-order valence-electron chi connectivity index (χ3n) is 2.68. The summed E-state index contributed by atoms with van der Waals surface area (Å²) in [5.41, 5.74) is 0.620. The lowest BCUT2D eigenvalue weighted by atomic mass is 10.0. The van der Waals surface area contributed by atoms with Crippen LogP contribution in [-0.2, 0) is 4.74 Å². The Hall–Kier alpha value is -2.50. The Balaban J connectivity index is 2.49. The van der Waals surface area contributed by atoms with E-state index in [9.17, 15) is 18.7 Å². The number of benzene rings is 1.